The molecule has 1 amide bonds. The summed E-state index contributed by atoms with van der Waals surface area (Å²) >= 11 is 0. The highest BCUT2D eigenvalue weighted by Gasteiger charge is 2.28. The predicted molar refractivity (Wildman–Crippen MR) is 140 cm³/mol. The number of carbonyl (C=O) groups is 1. The molecule has 1 aromatic carbocycles. The van der Waals surface area contributed by atoms with Gasteiger partial charge in [-0.3, -0.25) is 4.79 Å². The molecule has 1 saturated heterocycles. The van der Waals surface area contributed by atoms with Crippen LogP contribution in [-0.4, -0.2) is 95.7 Å². The molecular weight excluding hydrogens is 493 g/mol. The van der Waals surface area contributed by atoms with Gasteiger partial charge in [0.25, 0.3) is 0 Å². The minimum atomic E-state index is -0.579. The van der Waals surface area contributed by atoms with Crippen molar-refractivity contribution >= 4 is 11.9 Å². The Morgan fingerprint density at radius 3 is 2.63 bits per heavy atom. The van der Waals surface area contributed by atoms with Gasteiger partial charge in [-0.25, -0.2) is 19.3 Å². The van der Waals surface area contributed by atoms with Gasteiger partial charge in [-0.15, -0.1) is 0 Å². The number of halogens is 1. The number of anilines is 1. The number of H-pyrrole nitrogens is 1. The molecule has 3 heterocycles. The maximum absolute atomic E-state index is 13.6. The molecule has 204 valence electrons. The van der Waals surface area contributed by atoms with E-state index in [1.165, 1.54) is 12.1 Å². The van der Waals surface area contributed by atoms with Crippen molar-refractivity contribution in [2.45, 2.75) is 19.1 Å². The summed E-state index contributed by atoms with van der Waals surface area (Å²) in [5.74, 6) is 0.198. The van der Waals surface area contributed by atoms with Gasteiger partial charge in [-0.2, -0.15) is 0 Å². The summed E-state index contributed by atoms with van der Waals surface area (Å²) in [5, 5.41) is 14.9. The van der Waals surface area contributed by atoms with Crippen molar-refractivity contribution in [2.24, 2.45) is 5.92 Å². The van der Waals surface area contributed by atoms with Crippen LogP contribution in [0.25, 0.3) is 22.6 Å². The van der Waals surface area contributed by atoms with E-state index in [-0.39, 0.29) is 31.5 Å². The number of benzene rings is 1. The van der Waals surface area contributed by atoms with Crippen LogP contribution in [0.15, 0.2) is 36.5 Å². The summed E-state index contributed by atoms with van der Waals surface area (Å²) in [7, 11) is 3.99. The second-order valence-electron chi connectivity index (χ2n) is 9.27. The molecule has 0 radical (unpaired) electrons. The number of carbonyl (C=O) groups excluding carboxylic acids is 1. The zero-order chi connectivity index (χ0) is 26.9. The first-order valence-electron chi connectivity index (χ1n) is 12.6. The standard InChI is InChI=1S/C26H34FN7O4/c1-34(2)12-11-30-26-29-10-8-20(31-26)24-23(17-4-6-19(27)7-5-17)32-21(33-24)14-22-37-15-18(16-38-22)25(36)28-9-3-13-35/h4-8,10,18,22,35H,3,9,11-16H2,1-2H3,(H,28,36)(H,32,33)(H,29,30,31). The number of rotatable bonds is 12. The zero-order valence-corrected chi connectivity index (χ0v) is 21.6. The summed E-state index contributed by atoms with van der Waals surface area (Å²) in [6.07, 6.45) is 1.92. The van der Waals surface area contributed by atoms with E-state index >= 15 is 0 Å². The first-order chi connectivity index (χ1) is 18.4. The Labute approximate surface area is 220 Å². The Morgan fingerprint density at radius 2 is 1.92 bits per heavy atom. The lowest BCUT2D eigenvalue weighted by Gasteiger charge is -2.28. The third-order valence-corrected chi connectivity index (χ3v) is 5.96. The van der Waals surface area contributed by atoms with Gasteiger partial charge >= 0.3 is 0 Å². The highest BCUT2D eigenvalue weighted by molar-refractivity contribution is 5.79. The number of nitrogens with one attached hydrogen (secondary N) is 3. The molecular formula is C26H34FN7O4. The summed E-state index contributed by atoms with van der Waals surface area (Å²) in [4.78, 5) is 31.4. The van der Waals surface area contributed by atoms with Gasteiger partial charge in [-0.1, -0.05) is 0 Å². The first-order valence-corrected chi connectivity index (χ1v) is 12.6. The molecule has 1 aliphatic heterocycles. The molecule has 3 aromatic rings. The number of aliphatic hydroxyl groups excluding tert-OH is 1. The lowest BCUT2D eigenvalue weighted by atomic mass is 10.1. The number of hydrogen-bond donors (Lipinski definition) is 4. The normalized spacial score (nSPS) is 17.5. The Bertz CT molecular complexity index is 1180. The highest BCUT2D eigenvalue weighted by Crippen LogP contribution is 2.30. The van der Waals surface area contributed by atoms with Crippen molar-refractivity contribution in [2.75, 3.05) is 58.9 Å². The van der Waals surface area contributed by atoms with Crippen LogP contribution in [0.3, 0.4) is 0 Å². The van der Waals surface area contributed by atoms with Gasteiger partial charge in [0.05, 0.1) is 42.6 Å². The monoisotopic (exact) mass is 527 g/mol. The second kappa shape index (κ2) is 13.4. The molecule has 2 aromatic heterocycles. The average Bonchev–Trinajstić information content (AvgIpc) is 3.33. The lowest BCUT2D eigenvalue weighted by Crippen LogP contribution is -2.42. The number of imidazole rings is 1. The Kier molecular flexibility index (Phi) is 9.71. The summed E-state index contributed by atoms with van der Waals surface area (Å²) in [5.41, 5.74) is 2.65. The number of ether oxygens (including phenoxy) is 2. The van der Waals surface area contributed by atoms with Crippen molar-refractivity contribution in [3.63, 3.8) is 0 Å². The zero-order valence-electron chi connectivity index (χ0n) is 21.6. The fraction of sp³-hybridized carbons (Fsp3) is 0.462. The molecule has 1 fully saturated rings. The quantitative estimate of drug-likeness (QED) is 0.259. The van der Waals surface area contributed by atoms with Crippen LogP contribution in [-0.2, 0) is 20.7 Å². The van der Waals surface area contributed by atoms with Crippen molar-refractivity contribution < 1.29 is 23.8 Å². The second-order valence-corrected chi connectivity index (χ2v) is 9.27. The van der Waals surface area contributed by atoms with Gasteiger partial charge in [-0.05, 0) is 50.8 Å². The number of aromatic amines is 1. The summed E-state index contributed by atoms with van der Waals surface area (Å²) in [6, 6.07) is 7.91. The van der Waals surface area contributed by atoms with E-state index in [9.17, 15) is 9.18 Å². The number of aromatic nitrogens is 4. The number of likely N-dealkylation sites (N-methyl/N-ethyl adjacent to an activating group) is 1. The Morgan fingerprint density at radius 1 is 1.16 bits per heavy atom. The van der Waals surface area contributed by atoms with Crippen LogP contribution >= 0.6 is 0 Å². The lowest BCUT2D eigenvalue weighted by molar-refractivity contribution is -0.200. The maximum atomic E-state index is 13.6. The molecule has 38 heavy (non-hydrogen) atoms. The molecule has 0 spiro atoms. The first kappa shape index (κ1) is 27.6. The van der Waals surface area contributed by atoms with E-state index in [2.05, 4.69) is 30.5 Å². The molecule has 1 aliphatic rings. The largest absolute Gasteiger partial charge is 0.396 e. The molecule has 11 nitrogen and oxygen atoms in total. The van der Waals surface area contributed by atoms with Crippen molar-refractivity contribution in [3.8, 4) is 22.6 Å². The van der Waals surface area contributed by atoms with Crippen LogP contribution in [0.4, 0.5) is 10.3 Å². The number of amides is 1. The van der Waals surface area contributed by atoms with Gasteiger partial charge in [0.2, 0.25) is 11.9 Å². The molecule has 12 heteroatoms. The van der Waals surface area contributed by atoms with Gasteiger partial charge in [0.1, 0.15) is 11.6 Å². The molecule has 4 rings (SSSR count). The molecule has 0 saturated carbocycles. The maximum Gasteiger partial charge on any atom is 0.227 e. The third kappa shape index (κ3) is 7.54. The predicted octanol–water partition coefficient (Wildman–Crippen LogP) is 1.68. The summed E-state index contributed by atoms with van der Waals surface area (Å²) in [6.45, 7) is 2.40. The van der Waals surface area contributed by atoms with E-state index in [1.807, 2.05) is 14.1 Å². The number of hydrogen-bond acceptors (Lipinski definition) is 9. The van der Waals surface area contributed by atoms with Gasteiger partial charge in [0, 0.05) is 38.0 Å². The van der Waals surface area contributed by atoms with E-state index < -0.39 is 12.2 Å². The number of nitrogens with zero attached hydrogens (tertiary/aromatic N) is 4. The topological polar surface area (TPSA) is 138 Å². The molecule has 0 unspecified atom stereocenters. The highest BCUT2D eigenvalue weighted by atomic mass is 19.1. The minimum absolute atomic E-state index is 0.0222. The fourth-order valence-corrected chi connectivity index (χ4v) is 3.90. The van der Waals surface area contributed by atoms with Crippen molar-refractivity contribution in [3.05, 3.63) is 48.2 Å². The number of aliphatic hydroxyl groups is 1. The minimum Gasteiger partial charge on any atom is -0.396 e. The van der Waals surface area contributed by atoms with Crippen LogP contribution in [0, 0.1) is 11.7 Å². The molecule has 0 atom stereocenters. The fourth-order valence-electron chi connectivity index (χ4n) is 3.90. The van der Waals surface area contributed by atoms with Crippen LogP contribution in [0.2, 0.25) is 0 Å². The Hall–Kier alpha value is -3.45. The molecule has 0 bridgehead atoms. The van der Waals surface area contributed by atoms with E-state index in [4.69, 9.17) is 19.6 Å². The van der Waals surface area contributed by atoms with E-state index in [0.717, 1.165) is 12.1 Å². The van der Waals surface area contributed by atoms with Crippen LogP contribution in [0.1, 0.15) is 12.2 Å². The SMILES string of the molecule is CN(C)CCNc1nccc(-c2[nH]c(CC3OCC(C(=O)NCCCO)CO3)nc2-c2ccc(F)cc2)n1. The Balaban J connectivity index is 1.49. The smallest absolute Gasteiger partial charge is 0.227 e. The van der Waals surface area contributed by atoms with Crippen molar-refractivity contribution in [1.82, 2.24) is 30.2 Å². The third-order valence-electron chi connectivity index (χ3n) is 5.96. The van der Waals surface area contributed by atoms with Crippen LogP contribution in [0.5, 0.6) is 0 Å². The molecule has 4 N–H and O–H groups in total. The van der Waals surface area contributed by atoms with E-state index in [1.54, 1.807) is 24.4 Å². The summed E-state index contributed by atoms with van der Waals surface area (Å²) < 4.78 is 25.2. The van der Waals surface area contributed by atoms with Gasteiger partial charge in [0.15, 0.2) is 6.29 Å². The van der Waals surface area contributed by atoms with Crippen molar-refractivity contribution in [1.29, 1.82) is 0 Å². The average molecular weight is 528 g/mol. The van der Waals surface area contributed by atoms with Crippen LogP contribution < -0.4 is 10.6 Å². The van der Waals surface area contributed by atoms with E-state index in [0.29, 0.717) is 54.8 Å². The van der Waals surface area contributed by atoms with Gasteiger partial charge < -0.3 is 35.1 Å². The molecule has 0 aliphatic carbocycles.